The second-order valence-electron chi connectivity index (χ2n) is 2.91. The monoisotopic (exact) mass is 349 g/mol. The van der Waals surface area contributed by atoms with Gasteiger partial charge in [-0.05, 0) is 18.4 Å². The van der Waals surface area contributed by atoms with Crippen molar-refractivity contribution in [1.82, 2.24) is 5.32 Å². The van der Waals surface area contributed by atoms with Crippen molar-refractivity contribution < 1.29 is 0 Å². The van der Waals surface area contributed by atoms with Gasteiger partial charge in [-0.2, -0.15) is 0 Å². The van der Waals surface area contributed by atoms with Gasteiger partial charge in [0.15, 0.2) is 5.17 Å². The zero-order chi connectivity index (χ0) is 12.0. The SMILES string of the molecule is CS/C(=N\c1c(Cl)cccc1Cl)NCCN.Cl.Cl. The molecule has 3 N–H and O–H groups in total. The summed E-state index contributed by atoms with van der Waals surface area (Å²) in [7, 11) is 0. The molecule has 18 heavy (non-hydrogen) atoms. The topological polar surface area (TPSA) is 50.4 Å². The molecule has 3 nitrogen and oxygen atoms in total. The summed E-state index contributed by atoms with van der Waals surface area (Å²) in [6.07, 6.45) is 1.92. The Labute approximate surface area is 134 Å². The highest BCUT2D eigenvalue weighted by atomic mass is 35.5. The van der Waals surface area contributed by atoms with Crippen LogP contribution >= 0.6 is 59.8 Å². The number of halogens is 4. The Morgan fingerprint density at radius 2 is 1.89 bits per heavy atom. The van der Waals surface area contributed by atoms with Crippen molar-refractivity contribution in [3.63, 3.8) is 0 Å². The van der Waals surface area contributed by atoms with Crippen LogP contribution in [0.15, 0.2) is 23.2 Å². The number of benzene rings is 1. The van der Waals surface area contributed by atoms with Crippen LogP contribution in [0.5, 0.6) is 0 Å². The average Bonchev–Trinajstić information content (AvgIpc) is 2.28. The first kappa shape index (κ1) is 20.5. The van der Waals surface area contributed by atoms with Crippen LogP contribution in [-0.4, -0.2) is 24.5 Å². The zero-order valence-corrected chi connectivity index (χ0v) is 13.6. The molecule has 0 aliphatic heterocycles. The average molecular weight is 351 g/mol. The minimum Gasteiger partial charge on any atom is -0.363 e. The number of aliphatic imine (C=N–C) groups is 1. The third kappa shape index (κ3) is 6.36. The lowest BCUT2D eigenvalue weighted by atomic mass is 10.3. The lowest BCUT2D eigenvalue weighted by molar-refractivity contribution is 0.885. The molecule has 0 radical (unpaired) electrons. The van der Waals surface area contributed by atoms with Gasteiger partial charge >= 0.3 is 0 Å². The first-order valence-electron chi connectivity index (χ1n) is 4.69. The van der Waals surface area contributed by atoms with Crippen molar-refractivity contribution >= 4 is 70.6 Å². The zero-order valence-electron chi connectivity index (χ0n) is 9.65. The van der Waals surface area contributed by atoms with Gasteiger partial charge in [-0.15, -0.1) is 24.8 Å². The maximum Gasteiger partial charge on any atom is 0.161 e. The van der Waals surface area contributed by atoms with Crippen LogP contribution in [0, 0.1) is 0 Å². The minimum absolute atomic E-state index is 0. The smallest absolute Gasteiger partial charge is 0.161 e. The summed E-state index contributed by atoms with van der Waals surface area (Å²) < 4.78 is 0. The number of rotatable bonds is 3. The normalized spacial score (nSPS) is 10.3. The van der Waals surface area contributed by atoms with E-state index < -0.39 is 0 Å². The van der Waals surface area contributed by atoms with E-state index in [0.29, 0.717) is 28.8 Å². The molecule has 8 heteroatoms. The van der Waals surface area contributed by atoms with E-state index in [2.05, 4.69) is 10.3 Å². The number of hydrogen-bond donors (Lipinski definition) is 2. The summed E-state index contributed by atoms with van der Waals surface area (Å²) in [6, 6.07) is 5.30. The molecule has 0 amide bonds. The van der Waals surface area contributed by atoms with Crippen LogP contribution in [0.1, 0.15) is 0 Å². The van der Waals surface area contributed by atoms with E-state index in [1.807, 2.05) is 6.26 Å². The van der Waals surface area contributed by atoms with Crippen LogP contribution in [0.3, 0.4) is 0 Å². The molecule has 0 heterocycles. The van der Waals surface area contributed by atoms with Crippen LogP contribution in [-0.2, 0) is 0 Å². The molecule has 0 aliphatic rings. The van der Waals surface area contributed by atoms with E-state index in [-0.39, 0.29) is 24.8 Å². The summed E-state index contributed by atoms with van der Waals surface area (Å²) in [4.78, 5) is 4.36. The molecule has 0 spiro atoms. The lowest BCUT2D eigenvalue weighted by Crippen LogP contribution is -2.26. The maximum absolute atomic E-state index is 6.01. The summed E-state index contributed by atoms with van der Waals surface area (Å²) >= 11 is 13.5. The minimum atomic E-state index is 0. The van der Waals surface area contributed by atoms with E-state index in [4.69, 9.17) is 28.9 Å². The van der Waals surface area contributed by atoms with Crippen LogP contribution in [0.2, 0.25) is 10.0 Å². The first-order chi connectivity index (χ1) is 7.69. The van der Waals surface area contributed by atoms with Gasteiger partial charge < -0.3 is 11.1 Å². The Hall–Kier alpha value is 0.160. The molecule has 0 saturated carbocycles. The molecule has 1 rings (SSSR count). The van der Waals surface area contributed by atoms with Crippen molar-refractivity contribution in [2.75, 3.05) is 19.3 Å². The molecular weight excluding hydrogens is 336 g/mol. The molecule has 0 fully saturated rings. The molecular formula is C10H15Cl4N3S. The fraction of sp³-hybridized carbons (Fsp3) is 0.300. The van der Waals surface area contributed by atoms with Crippen molar-refractivity contribution in [3.05, 3.63) is 28.2 Å². The molecule has 0 aliphatic carbocycles. The molecule has 1 aromatic rings. The molecule has 0 saturated heterocycles. The summed E-state index contributed by atoms with van der Waals surface area (Å²) in [6.45, 7) is 1.22. The van der Waals surface area contributed by atoms with Gasteiger partial charge in [0.25, 0.3) is 0 Å². The largest absolute Gasteiger partial charge is 0.363 e. The Morgan fingerprint density at radius 3 is 2.33 bits per heavy atom. The predicted molar refractivity (Wildman–Crippen MR) is 88.6 cm³/mol. The molecule has 0 bridgehead atoms. The Morgan fingerprint density at radius 1 is 1.33 bits per heavy atom. The highest BCUT2D eigenvalue weighted by molar-refractivity contribution is 8.13. The van der Waals surface area contributed by atoms with Crippen molar-refractivity contribution in [2.45, 2.75) is 0 Å². The summed E-state index contributed by atoms with van der Waals surface area (Å²) in [5.74, 6) is 0. The number of hydrogen-bond acceptors (Lipinski definition) is 3. The number of nitrogens with one attached hydrogen (secondary N) is 1. The van der Waals surface area contributed by atoms with Gasteiger partial charge in [-0.1, -0.05) is 41.0 Å². The van der Waals surface area contributed by atoms with Crippen molar-refractivity contribution in [3.8, 4) is 0 Å². The number of para-hydroxylation sites is 1. The van der Waals surface area contributed by atoms with E-state index in [1.54, 1.807) is 18.2 Å². The van der Waals surface area contributed by atoms with Crippen molar-refractivity contribution in [1.29, 1.82) is 0 Å². The van der Waals surface area contributed by atoms with E-state index >= 15 is 0 Å². The quantitative estimate of drug-likeness (QED) is 0.645. The summed E-state index contributed by atoms with van der Waals surface area (Å²) in [5.41, 5.74) is 5.99. The summed E-state index contributed by atoms with van der Waals surface area (Å²) in [5, 5.41) is 4.91. The predicted octanol–water partition coefficient (Wildman–Crippen LogP) is 3.74. The maximum atomic E-state index is 6.01. The van der Waals surface area contributed by atoms with E-state index in [0.717, 1.165) is 5.17 Å². The molecule has 0 unspecified atom stereocenters. The standard InChI is InChI=1S/C10H13Cl2N3S.2ClH/c1-16-10(14-6-5-13)15-9-7(11)3-2-4-8(9)12;;/h2-4H,5-6,13H2,1H3,(H,14,15);2*1H. The number of amidine groups is 1. The third-order valence-corrected chi connectivity index (χ3v) is 3.00. The highest BCUT2D eigenvalue weighted by Crippen LogP contribution is 2.33. The van der Waals surface area contributed by atoms with Crippen LogP contribution in [0.25, 0.3) is 0 Å². The molecule has 104 valence electrons. The second kappa shape index (κ2) is 11.0. The van der Waals surface area contributed by atoms with Gasteiger partial charge in [-0.25, -0.2) is 4.99 Å². The highest BCUT2D eigenvalue weighted by Gasteiger charge is 2.05. The first-order valence-corrected chi connectivity index (χ1v) is 6.67. The van der Waals surface area contributed by atoms with E-state index in [9.17, 15) is 0 Å². The fourth-order valence-electron chi connectivity index (χ4n) is 1.03. The Balaban J connectivity index is 0. The van der Waals surface area contributed by atoms with Gasteiger partial charge in [0.1, 0.15) is 5.69 Å². The van der Waals surface area contributed by atoms with Gasteiger partial charge in [-0.3, -0.25) is 0 Å². The third-order valence-electron chi connectivity index (χ3n) is 1.76. The Bertz CT molecular complexity index is 367. The molecule has 0 aromatic heterocycles. The Kier molecular flexibility index (Phi) is 12.5. The van der Waals surface area contributed by atoms with Gasteiger partial charge in [0, 0.05) is 13.1 Å². The lowest BCUT2D eigenvalue weighted by Gasteiger charge is -2.07. The van der Waals surface area contributed by atoms with Gasteiger partial charge in [0.05, 0.1) is 10.0 Å². The van der Waals surface area contributed by atoms with Crippen molar-refractivity contribution in [2.24, 2.45) is 10.7 Å². The second-order valence-corrected chi connectivity index (χ2v) is 4.52. The molecule has 1 aromatic carbocycles. The number of nitrogens with zero attached hydrogens (tertiary/aromatic N) is 1. The van der Waals surface area contributed by atoms with Crippen LogP contribution in [0.4, 0.5) is 5.69 Å². The molecule has 0 atom stereocenters. The van der Waals surface area contributed by atoms with E-state index in [1.165, 1.54) is 11.8 Å². The van der Waals surface area contributed by atoms with Gasteiger partial charge in [0.2, 0.25) is 0 Å². The number of thioether (sulfide) groups is 1. The van der Waals surface area contributed by atoms with Crippen LogP contribution < -0.4 is 11.1 Å². The number of nitrogens with two attached hydrogens (primary N) is 1. The fourth-order valence-corrected chi connectivity index (χ4v) is 1.94.